The minimum atomic E-state index is -0.557. The lowest BCUT2D eigenvalue weighted by Gasteiger charge is -2.44. The molecule has 0 bridgehead atoms. The Hall–Kier alpha value is -2.83. The summed E-state index contributed by atoms with van der Waals surface area (Å²) in [5.41, 5.74) is 6.96. The number of rotatable bonds is 1. The maximum atomic E-state index is 12.6. The predicted molar refractivity (Wildman–Crippen MR) is 89.3 cm³/mol. The van der Waals surface area contributed by atoms with Crippen LogP contribution in [0.2, 0.25) is 0 Å². The number of nitrogen functional groups attached to an aromatic ring is 1. The molecule has 0 unspecified atom stereocenters. The number of benzene rings is 1. The highest BCUT2D eigenvalue weighted by atomic mass is 16.2. The van der Waals surface area contributed by atoms with Gasteiger partial charge in [-0.3, -0.25) is 9.78 Å². The lowest BCUT2D eigenvalue weighted by Crippen LogP contribution is -2.58. The average molecular weight is 310 g/mol. The minimum Gasteiger partial charge on any atom is -0.382 e. The maximum absolute atomic E-state index is 12.6. The molecule has 1 aromatic heterocycles. The van der Waals surface area contributed by atoms with Crippen molar-refractivity contribution in [3.63, 3.8) is 0 Å². The topological polar surface area (TPSA) is 96.2 Å². The van der Waals surface area contributed by atoms with Gasteiger partial charge in [0.2, 0.25) is 5.91 Å². The monoisotopic (exact) mass is 310 g/mol. The van der Waals surface area contributed by atoms with E-state index in [1.807, 2.05) is 24.3 Å². The SMILES string of the molecule is Nc1cncc(N2CCC3(CC2)Nc2ccccc2NC3=O)n1. The Morgan fingerprint density at radius 3 is 2.61 bits per heavy atom. The van der Waals surface area contributed by atoms with Crippen molar-refractivity contribution >= 4 is 28.9 Å². The summed E-state index contributed by atoms with van der Waals surface area (Å²) in [6.45, 7) is 1.45. The number of amides is 1. The Morgan fingerprint density at radius 2 is 1.87 bits per heavy atom. The van der Waals surface area contributed by atoms with E-state index in [4.69, 9.17) is 5.73 Å². The second kappa shape index (κ2) is 5.12. The molecule has 7 heteroatoms. The number of carbonyl (C=O) groups excluding carboxylic acids is 1. The Morgan fingerprint density at radius 1 is 1.13 bits per heavy atom. The first kappa shape index (κ1) is 13.8. The summed E-state index contributed by atoms with van der Waals surface area (Å²) in [5.74, 6) is 1.20. The first-order chi connectivity index (χ1) is 11.2. The standard InChI is InChI=1S/C16H18N6O/c17-13-9-18-10-14(20-13)22-7-5-16(6-8-22)15(23)19-11-3-1-2-4-12(11)21-16/h1-4,9-10,21H,5-8H2,(H2,17,20)(H,19,23). The van der Waals surface area contributed by atoms with Crippen LogP contribution >= 0.6 is 0 Å². The van der Waals surface area contributed by atoms with E-state index in [0.29, 0.717) is 18.7 Å². The minimum absolute atomic E-state index is 0.0366. The molecular weight excluding hydrogens is 292 g/mol. The maximum Gasteiger partial charge on any atom is 0.250 e. The van der Waals surface area contributed by atoms with Crippen molar-refractivity contribution in [1.29, 1.82) is 0 Å². The van der Waals surface area contributed by atoms with Crippen molar-refractivity contribution in [2.24, 2.45) is 0 Å². The fraction of sp³-hybridized carbons (Fsp3) is 0.312. The third-order valence-corrected chi connectivity index (χ3v) is 4.57. The van der Waals surface area contributed by atoms with Crippen LogP contribution in [-0.4, -0.2) is 34.5 Å². The molecule has 1 aromatic carbocycles. The highest BCUT2D eigenvalue weighted by molar-refractivity contribution is 6.06. The lowest BCUT2D eigenvalue weighted by atomic mass is 9.84. The van der Waals surface area contributed by atoms with Gasteiger partial charge in [-0.25, -0.2) is 4.98 Å². The number of anilines is 4. The van der Waals surface area contributed by atoms with Crippen LogP contribution in [0.25, 0.3) is 0 Å². The lowest BCUT2D eigenvalue weighted by molar-refractivity contribution is -0.121. The van der Waals surface area contributed by atoms with Gasteiger partial charge in [0.05, 0.1) is 23.8 Å². The van der Waals surface area contributed by atoms with Gasteiger partial charge in [-0.05, 0) is 25.0 Å². The average Bonchev–Trinajstić information content (AvgIpc) is 2.57. The van der Waals surface area contributed by atoms with E-state index in [2.05, 4.69) is 25.5 Å². The molecule has 1 spiro atoms. The molecule has 7 nitrogen and oxygen atoms in total. The van der Waals surface area contributed by atoms with E-state index >= 15 is 0 Å². The van der Waals surface area contributed by atoms with E-state index in [-0.39, 0.29) is 5.91 Å². The van der Waals surface area contributed by atoms with Crippen molar-refractivity contribution in [2.45, 2.75) is 18.4 Å². The summed E-state index contributed by atoms with van der Waals surface area (Å²) < 4.78 is 0. The van der Waals surface area contributed by atoms with Crippen LogP contribution in [0.15, 0.2) is 36.7 Å². The fourth-order valence-electron chi connectivity index (χ4n) is 3.25. The smallest absolute Gasteiger partial charge is 0.250 e. The van der Waals surface area contributed by atoms with Gasteiger partial charge in [0.15, 0.2) is 0 Å². The molecule has 1 saturated heterocycles. The van der Waals surface area contributed by atoms with Crippen molar-refractivity contribution in [3.05, 3.63) is 36.7 Å². The van der Waals surface area contributed by atoms with E-state index < -0.39 is 5.54 Å². The second-order valence-corrected chi connectivity index (χ2v) is 6.00. The number of nitrogens with one attached hydrogen (secondary N) is 2. The van der Waals surface area contributed by atoms with Crippen molar-refractivity contribution in [1.82, 2.24) is 9.97 Å². The molecule has 2 aromatic rings. The van der Waals surface area contributed by atoms with Gasteiger partial charge in [0, 0.05) is 13.1 Å². The molecular formula is C16H18N6O. The van der Waals surface area contributed by atoms with Crippen molar-refractivity contribution in [3.8, 4) is 0 Å². The zero-order valence-corrected chi connectivity index (χ0v) is 12.6. The van der Waals surface area contributed by atoms with Gasteiger partial charge < -0.3 is 21.3 Å². The number of nitrogens with two attached hydrogens (primary N) is 1. The molecule has 1 fully saturated rings. The number of fused-ring (bicyclic) bond motifs is 1. The Balaban J connectivity index is 1.54. The largest absolute Gasteiger partial charge is 0.382 e. The van der Waals surface area contributed by atoms with Crippen LogP contribution in [0.4, 0.5) is 23.0 Å². The van der Waals surface area contributed by atoms with Crippen molar-refractivity contribution < 1.29 is 4.79 Å². The number of para-hydroxylation sites is 2. The summed E-state index contributed by atoms with van der Waals surface area (Å²) in [4.78, 5) is 23.1. The van der Waals surface area contributed by atoms with Crippen LogP contribution in [0.3, 0.4) is 0 Å². The van der Waals surface area contributed by atoms with Crippen LogP contribution in [0.1, 0.15) is 12.8 Å². The Bertz CT molecular complexity index is 754. The fourth-order valence-corrected chi connectivity index (χ4v) is 3.25. The Labute approximate surface area is 133 Å². The number of piperidine rings is 1. The normalized spacial score (nSPS) is 19.0. The van der Waals surface area contributed by atoms with Crippen LogP contribution < -0.4 is 21.3 Å². The molecule has 0 radical (unpaired) electrons. The summed E-state index contributed by atoms with van der Waals surface area (Å²) in [5, 5.41) is 6.46. The van der Waals surface area contributed by atoms with Gasteiger partial charge in [0.25, 0.3) is 0 Å². The van der Waals surface area contributed by atoms with E-state index in [1.54, 1.807) is 6.20 Å². The summed E-state index contributed by atoms with van der Waals surface area (Å²) >= 11 is 0. The number of hydrogen-bond donors (Lipinski definition) is 3. The summed E-state index contributed by atoms with van der Waals surface area (Å²) in [6.07, 6.45) is 4.63. The predicted octanol–water partition coefficient (Wildman–Crippen LogP) is 1.46. The summed E-state index contributed by atoms with van der Waals surface area (Å²) in [7, 11) is 0. The van der Waals surface area contributed by atoms with Crippen LogP contribution in [0.5, 0.6) is 0 Å². The second-order valence-electron chi connectivity index (χ2n) is 6.00. The first-order valence-corrected chi connectivity index (χ1v) is 7.67. The van der Waals surface area contributed by atoms with E-state index in [9.17, 15) is 4.79 Å². The molecule has 1 amide bonds. The Kier molecular flexibility index (Phi) is 3.07. The molecule has 118 valence electrons. The first-order valence-electron chi connectivity index (χ1n) is 7.67. The highest BCUT2D eigenvalue weighted by Gasteiger charge is 2.44. The van der Waals surface area contributed by atoms with Crippen LogP contribution in [0, 0.1) is 0 Å². The third kappa shape index (κ3) is 2.34. The van der Waals surface area contributed by atoms with E-state index in [1.165, 1.54) is 6.20 Å². The molecule has 23 heavy (non-hydrogen) atoms. The van der Waals surface area contributed by atoms with Gasteiger partial charge >= 0.3 is 0 Å². The highest BCUT2D eigenvalue weighted by Crippen LogP contribution is 2.36. The summed E-state index contributed by atoms with van der Waals surface area (Å²) in [6, 6.07) is 7.78. The molecule has 0 aliphatic carbocycles. The number of nitrogens with zero attached hydrogens (tertiary/aromatic N) is 3. The van der Waals surface area contributed by atoms with Crippen molar-refractivity contribution in [2.75, 3.05) is 34.4 Å². The zero-order chi connectivity index (χ0) is 15.9. The number of hydrogen-bond acceptors (Lipinski definition) is 6. The third-order valence-electron chi connectivity index (χ3n) is 4.57. The number of aromatic nitrogens is 2. The van der Waals surface area contributed by atoms with Crippen LogP contribution in [-0.2, 0) is 4.79 Å². The molecule has 4 N–H and O–H groups in total. The quantitative estimate of drug-likeness (QED) is 0.738. The molecule has 0 atom stereocenters. The van der Waals surface area contributed by atoms with E-state index in [0.717, 1.165) is 30.3 Å². The molecule has 4 rings (SSSR count). The molecule has 0 saturated carbocycles. The molecule has 2 aliphatic heterocycles. The van der Waals surface area contributed by atoms with Gasteiger partial charge in [0.1, 0.15) is 17.2 Å². The van der Waals surface area contributed by atoms with Gasteiger partial charge in [-0.1, -0.05) is 12.1 Å². The zero-order valence-electron chi connectivity index (χ0n) is 12.6. The van der Waals surface area contributed by atoms with Gasteiger partial charge in [-0.2, -0.15) is 0 Å². The molecule has 2 aliphatic rings. The molecule has 3 heterocycles. The number of carbonyl (C=O) groups is 1. The van der Waals surface area contributed by atoms with Gasteiger partial charge in [-0.15, -0.1) is 0 Å².